The summed E-state index contributed by atoms with van der Waals surface area (Å²) in [5.41, 5.74) is 0. The van der Waals surface area contributed by atoms with Gasteiger partial charge in [0.1, 0.15) is 30.5 Å². The van der Waals surface area contributed by atoms with Crippen molar-refractivity contribution in [1.29, 1.82) is 0 Å². The Kier molecular flexibility index (Phi) is 30.5. The Morgan fingerprint density at radius 2 is 1.18 bits per heavy atom. The summed E-state index contributed by atoms with van der Waals surface area (Å²) in [6.45, 7) is 4.06. The van der Waals surface area contributed by atoms with Crippen LogP contribution in [0.4, 0.5) is 0 Å². The van der Waals surface area contributed by atoms with Crippen LogP contribution in [-0.4, -0.2) is 89.6 Å². The molecule has 0 aromatic carbocycles. The topological polar surface area (TPSA) is 135 Å². The molecule has 6 unspecified atom stereocenters. The van der Waals surface area contributed by atoms with Crippen LogP contribution in [0.5, 0.6) is 0 Å². The number of hydrogen-bond acceptors (Lipinski definition) is 9. The quantitative estimate of drug-likeness (QED) is 0.0314. The molecule has 50 heavy (non-hydrogen) atoms. The molecular weight excluding hydrogens is 636 g/mol. The van der Waals surface area contributed by atoms with Gasteiger partial charge < -0.3 is 39.4 Å². The van der Waals surface area contributed by atoms with Crippen LogP contribution in [0, 0.1) is 0 Å². The van der Waals surface area contributed by atoms with E-state index in [1.165, 1.54) is 77.0 Å². The lowest BCUT2D eigenvalue weighted by Gasteiger charge is -2.39. The molecular formula is C41H72O9. The van der Waals surface area contributed by atoms with E-state index in [1.807, 2.05) is 6.92 Å². The van der Waals surface area contributed by atoms with Gasteiger partial charge in [0.05, 0.1) is 19.8 Å². The Morgan fingerprint density at radius 1 is 0.660 bits per heavy atom. The summed E-state index contributed by atoms with van der Waals surface area (Å²) < 4.78 is 22.2. The van der Waals surface area contributed by atoms with Crippen molar-refractivity contribution in [2.24, 2.45) is 0 Å². The van der Waals surface area contributed by atoms with Crippen LogP contribution in [0.2, 0.25) is 0 Å². The Morgan fingerprint density at radius 3 is 1.72 bits per heavy atom. The number of aliphatic hydroxyl groups excluding tert-OH is 4. The van der Waals surface area contributed by atoms with E-state index in [-0.39, 0.29) is 25.6 Å². The molecule has 4 N–H and O–H groups in total. The fraction of sp³-hybridized carbons (Fsp3) is 0.780. The molecule has 0 radical (unpaired) electrons. The zero-order chi connectivity index (χ0) is 36.5. The molecule has 0 saturated carbocycles. The Labute approximate surface area is 303 Å². The lowest BCUT2D eigenvalue weighted by Crippen LogP contribution is -2.59. The number of esters is 1. The van der Waals surface area contributed by atoms with Crippen LogP contribution in [0.25, 0.3) is 0 Å². The van der Waals surface area contributed by atoms with Crippen LogP contribution in [0.1, 0.15) is 142 Å². The second-order valence-corrected chi connectivity index (χ2v) is 13.4. The Hall–Kier alpha value is -1.85. The van der Waals surface area contributed by atoms with Crippen molar-refractivity contribution in [2.75, 3.05) is 26.4 Å². The first-order valence-corrected chi connectivity index (χ1v) is 19.7. The average Bonchev–Trinajstić information content (AvgIpc) is 3.11. The molecule has 1 heterocycles. The van der Waals surface area contributed by atoms with Gasteiger partial charge in [-0.15, -0.1) is 0 Å². The van der Waals surface area contributed by atoms with Gasteiger partial charge in [-0.3, -0.25) is 4.79 Å². The second kappa shape index (κ2) is 33.0. The molecule has 1 fully saturated rings. The van der Waals surface area contributed by atoms with Gasteiger partial charge in [0, 0.05) is 13.0 Å². The predicted molar refractivity (Wildman–Crippen MR) is 201 cm³/mol. The zero-order valence-electron chi connectivity index (χ0n) is 31.4. The predicted octanol–water partition coefficient (Wildman–Crippen LogP) is 7.80. The molecule has 9 heteroatoms. The summed E-state index contributed by atoms with van der Waals surface area (Å²) in [5.74, 6) is -0.369. The Bertz CT molecular complexity index is 900. The van der Waals surface area contributed by atoms with Crippen molar-refractivity contribution in [2.45, 2.75) is 179 Å². The van der Waals surface area contributed by atoms with Gasteiger partial charge in [-0.2, -0.15) is 0 Å². The molecule has 1 saturated heterocycles. The maximum Gasteiger partial charge on any atom is 0.306 e. The van der Waals surface area contributed by atoms with Crippen LogP contribution in [0.15, 0.2) is 48.6 Å². The van der Waals surface area contributed by atoms with Crippen LogP contribution in [-0.2, 0) is 23.7 Å². The number of allylic oxidation sites excluding steroid dienone is 8. The summed E-state index contributed by atoms with van der Waals surface area (Å²) in [6, 6.07) is 0. The molecule has 0 aromatic rings. The van der Waals surface area contributed by atoms with E-state index >= 15 is 0 Å². The molecule has 0 aromatic heterocycles. The first kappa shape index (κ1) is 46.2. The third kappa shape index (κ3) is 24.4. The molecule has 0 spiro atoms. The second-order valence-electron chi connectivity index (χ2n) is 13.4. The van der Waals surface area contributed by atoms with E-state index < -0.39 is 43.4 Å². The largest absolute Gasteiger partial charge is 0.457 e. The number of unbranched alkanes of at least 4 members (excludes halogenated alkanes) is 13. The number of hydrogen-bond donors (Lipinski definition) is 4. The highest BCUT2D eigenvalue weighted by Crippen LogP contribution is 2.22. The SMILES string of the molecule is CC/C=C\C/C=C\C/C=C\C/C=C\CCCCCCCCCCCCCCCOCC(COC1OC(CO)C(O)C(O)C1O)OC(=O)CCC. The first-order chi connectivity index (χ1) is 24.4. The van der Waals surface area contributed by atoms with Crippen LogP contribution < -0.4 is 0 Å². The third-order valence-corrected chi connectivity index (χ3v) is 8.73. The monoisotopic (exact) mass is 709 g/mol. The summed E-state index contributed by atoms with van der Waals surface area (Å²) in [6.07, 6.45) is 33.1. The lowest BCUT2D eigenvalue weighted by molar-refractivity contribution is -0.305. The van der Waals surface area contributed by atoms with Gasteiger partial charge in [0.15, 0.2) is 6.29 Å². The normalized spacial score (nSPS) is 22.1. The summed E-state index contributed by atoms with van der Waals surface area (Å²) in [4.78, 5) is 12.1. The van der Waals surface area contributed by atoms with Gasteiger partial charge in [-0.25, -0.2) is 0 Å². The van der Waals surface area contributed by atoms with E-state index in [2.05, 4.69) is 55.5 Å². The smallest absolute Gasteiger partial charge is 0.306 e. The molecule has 0 aliphatic carbocycles. The van der Waals surface area contributed by atoms with E-state index in [0.717, 1.165) is 38.5 Å². The van der Waals surface area contributed by atoms with E-state index in [0.29, 0.717) is 13.0 Å². The van der Waals surface area contributed by atoms with Gasteiger partial charge in [-0.05, 0) is 51.4 Å². The highest BCUT2D eigenvalue weighted by atomic mass is 16.7. The number of carbonyl (C=O) groups is 1. The maximum absolute atomic E-state index is 12.1. The minimum atomic E-state index is -1.53. The van der Waals surface area contributed by atoms with Gasteiger partial charge in [-0.1, -0.05) is 133 Å². The van der Waals surface area contributed by atoms with Crippen molar-refractivity contribution in [1.82, 2.24) is 0 Å². The zero-order valence-corrected chi connectivity index (χ0v) is 31.4. The molecule has 9 nitrogen and oxygen atoms in total. The maximum atomic E-state index is 12.1. The van der Waals surface area contributed by atoms with Crippen LogP contribution >= 0.6 is 0 Å². The highest BCUT2D eigenvalue weighted by molar-refractivity contribution is 5.69. The standard InChI is InChI=1S/C41H72O9/c1-3-5-6-7-8-9-10-11-12-13-14-15-16-17-18-19-20-21-22-23-24-25-26-27-28-29-31-47-33-35(49-37(43)30-4-2)34-48-41-40(46)39(45)38(44)36(32-42)50-41/h5-6,8-9,11-12,14-15,35-36,38-42,44-46H,3-4,7,10,13,16-34H2,1-2H3/b6-5-,9-8-,12-11-,15-14-. The van der Waals surface area contributed by atoms with Gasteiger partial charge in [0.25, 0.3) is 0 Å². The molecule has 290 valence electrons. The molecule has 1 aliphatic heterocycles. The summed E-state index contributed by atoms with van der Waals surface area (Å²) in [7, 11) is 0. The Balaban J connectivity index is 1.99. The highest BCUT2D eigenvalue weighted by Gasteiger charge is 2.44. The molecule has 6 atom stereocenters. The van der Waals surface area contributed by atoms with Crippen molar-refractivity contribution in [3.05, 3.63) is 48.6 Å². The van der Waals surface area contributed by atoms with E-state index in [4.69, 9.17) is 18.9 Å². The lowest BCUT2D eigenvalue weighted by atomic mass is 9.99. The molecule has 0 bridgehead atoms. The van der Waals surface area contributed by atoms with Gasteiger partial charge in [0.2, 0.25) is 0 Å². The number of ether oxygens (including phenoxy) is 4. The van der Waals surface area contributed by atoms with E-state index in [1.54, 1.807) is 0 Å². The van der Waals surface area contributed by atoms with Gasteiger partial charge >= 0.3 is 5.97 Å². The van der Waals surface area contributed by atoms with E-state index in [9.17, 15) is 25.2 Å². The third-order valence-electron chi connectivity index (χ3n) is 8.73. The van der Waals surface area contributed by atoms with Crippen molar-refractivity contribution in [3.63, 3.8) is 0 Å². The summed E-state index contributed by atoms with van der Waals surface area (Å²) >= 11 is 0. The fourth-order valence-electron chi connectivity index (χ4n) is 5.70. The minimum absolute atomic E-state index is 0.120. The number of rotatable bonds is 32. The van der Waals surface area contributed by atoms with Crippen molar-refractivity contribution >= 4 is 5.97 Å². The fourth-order valence-corrected chi connectivity index (χ4v) is 5.70. The summed E-state index contributed by atoms with van der Waals surface area (Å²) in [5, 5.41) is 39.5. The first-order valence-electron chi connectivity index (χ1n) is 19.7. The average molecular weight is 709 g/mol. The molecule has 1 rings (SSSR count). The van der Waals surface area contributed by atoms with Crippen molar-refractivity contribution < 1.29 is 44.2 Å². The molecule has 0 amide bonds. The van der Waals surface area contributed by atoms with Crippen molar-refractivity contribution in [3.8, 4) is 0 Å². The number of carbonyl (C=O) groups excluding carboxylic acids is 1. The molecule has 1 aliphatic rings. The minimum Gasteiger partial charge on any atom is -0.457 e. The van der Waals surface area contributed by atoms with Crippen LogP contribution in [0.3, 0.4) is 0 Å². The number of aliphatic hydroxyl groups is 4.